The van der Waals surface area contributed by atoms with E-state index in [1.807, 2.05) is 0 Å². The Hall–Kier alpha value is -5.23. The molecule has 1 unspecified atom stereocenters. The van der Waals surface area contributed by atoms with E-state index in [4.69, 9.17) is 14.2 Å². The van der Waals surface area contributed by atoms with Gasteiger partial charge in [-0.3, -0.25) is 14.4 Å². The second kappa shape index (κ2) is 66.3. The third-order valence-corrected chi connectivity index (χ3v) is 13.0. The maximum atomic E-state index is 12.9. The molecule has 0 rings (SSSR count). The summed E-state index contributed by atoms with van der Waals surface area (Å²) in [5.74, 6) is -0.980. The van der Waals surface area contributed by atoms with Crippen molar-refractivity contribution >= 4 is 17.9 Å². The molecular formula is C74H116O6. The number of hydrogen-bond acceptors (Lipinski definition) is 6. The zero-order valence-electron chi connectivity index (χ0n) is 51.3. The molecule has 0 radical (unpaired) electrons. The van der Waals surface area contributed by atoms with Crippen molar-refractivity contribution in [2.24, 2.45) is 0 Å². The van der Waals surface area contributed by atoms with Crippen LogP contribution in [-0.2, 0) is 28.6 Å². The molecule has 0 aromatic carbocycles. The van der Waals surface area contributed by atoms with Crippen molar-refractivity contribution < 1.29 is 28.6 Å². The first-order valence-corrected chi connectivity index (χ1v) is 32.1. The zero-order valence-corrected chi connectivity index (χ0v) is 51.3. The first-order chi connectivity index (χ1) is 39.5. The lowest BCUT2D eigenvalue weighted by Gasteiger charge is -2.18. The lowest BCUT2D eigenvalue weighted by molar-refractivity contribution is -0.167. The number of esters is 3. The van der Waals surface area contributed by atoms with Gasteiger partial charge in [0.1, 0.15) is 13.2 Å². The second-order valence-corrected chi connectivity index (χ2v) is 20.6. The molecule has 448 valence electrons. The summed E-state index contributed by atoms with van der Waals surface area (Å²) in [6.07, 6.45) is 97.9. The largest absolute Gasteiger partial charge is 0.462 e. The van der Waals surface area contributed by atoms with Crippen LogP contribution in [0.25, 0.3) is 0 Å². The quantitative estimate of drug-likeness (QED) is 0.0261. The van der Waals surface area contributed by atoms with Gasteiger partial charge in [-0.25, -0.2) is 0 Å². The van der Waals surface area contributed by atoms with E-state index in [2.05, 4.69) is 191 Å². The second-order valence-electron chi connectivity index (χ2n) is 20.6. The van der Waals surface area contributed by atoms with Crippen LogP contribution in [0.1, 0.15) is 258 Å². The van der Waals surface area contributed by atoms with Crippen LogP contribution in [0.15, 0.2) is 170 Å². The van der Waals surface area contributed by atoms with Crippen LogP contribution in [0.2, 0.25) is 0 Å². The number of ether oxygens (including phenoxy) is 3. The maximum absolute atomic E-state index is 12.9. The molecule has 0 fully saturated rings. The zero-order chi connectivity index (χ0) is 57.8. The molecule has 1 atom stereocenters. The Labute approximate surface area is 492 Å². The van der Waals surface area contributed by atoms with E-state index >= 15 is 0 Å². The smallest absolute Gasteiger partial charge is 0.306 e. The summed E-state index contributed by atoms with van der Waals surface area (Å²) in [7, 11) is 0. The predicted octanol–water partition coefficient (Wildman–Crippen LogP) is 22.3. The SMILES string of the molecule is CC/C=C\C/C=C\C/C=C\C/C=C\C/C=C\C/C=C\C/C=C\C/C=C\C/C=C\CCCCCC(=O)OCC(COC(=O)CCCCCCCCCCCCCC)OC(=O)CCCCC/C=C\C/C=C\C/C=C\C/C=C\C/C=C\CC. The molecule has 0 amide bonds. The van der Waals surface area contributed by atoms with Gasteiger partial charge in [-0.2, -0.15) is 0 Å². The molecule has 0 aromatic rings. The summed E-state index contributed by atoms with van der Waals surface area (Å²) in [4.78, 5) is 38.3. The molecule has 0 aliphatic carbocycles. The summed E-state index contributed by atoms with van der Waals surface area (Å²) >= 11 is 0. The minimum Gasteiger partial charge on any atom is -0.462 e. The van der Waals surface area contributed by atoms with Crippen LogP contribution in [0.4, 0.5) is 0 Å². The van der Waals surface area contributed by atoms with Gasteiger partial charge in [-0.1, -0.05) is 274 Å². The Kier molecular flexibility index (Phi) is 61.9. The third kappa shape index (κ3) is 63.6. The van der Waals surface area contributed by atoms with Crippen LogP contribution in [0.5, 0.6) is 0 Å². The van der Waals surface area contributed by atoms with Gasteiger partial charge < -0.3 is 14.2 Å². The summed E-state index contributed by atoms with van der Waals surface area (Å²) < 4.78 is 16.8. The monoisotopic (exact) mass is 1100 g/mol. The standard InChI is InChI=1S/C74H116O6/c1-4-7-10-13-16-19-22-25-27-29-31-32-33-34-35-36-37-38-39-40-41-42-44-45-47-49-52-55-58-61-64-67-73(76)79-70-71(69-78-72(75)66-63-60-57-54-51-24-21-18-15-12-9-6-3)80-74(77)68-65-62-59-56-53-50-48-46-43-30-28-26-23-20-17-14-11-8-5-2/h7-8,10-11,16-17,19-20,25-28,31-32,34-35,37-38,40-41,43-46,49-50,52-53,71H,4-6,9,12-15,18,21-24,29-30,33,36,39,42,47-48,51,54-70H2,1-3H3/b10-7-,11-8-,19-16-,20-17-,27-25-,28-26-,32-31-,35-34-,38-37-,41-40-,45-44-,46-43-,52-49-,53-50-. The van der Waals surface area contributed by atoms with Crippen molar-refractivity contribution in [3.8, 4) is 0 Å². The van der Waals surface area contributed by atoms with E-state index in [1.54, 1.807) is 0 Å². The summed E-state index contributed by atoms with van der Waals surface area (Å²) in [6, 6.07) is 0. The van der Waals surface area contributed by atoms with Crippen molar-refractivity contribution in [2.75, 3.05) is 13.2 Å². The van der Waals surface area contributed by atoms with Crippen molar-refractivity contribution in [1.82, 2.24) is 0 Å². The van der Waals surface area contributed by atoms with E-state index in [-0.39, 0.29) is 37.5 Å². The molecule has 6 nitrogen and oxygen atoms in total. The van der Waals surface area contributed by atoms with Gasteiger partial charge >= 0.3 is 17.9 Å². The highest BCUT2D eigenvalue weighted by atomic mass is 16.6. The summed E-state index contributed by atoms with van der Waals surface area (Å²) in [5.41, 5.74) is 0. The number of carbonyl (C=O) groups is 3. The lowest BCUT2D eigenvalue weighted by Crippen LogP contribution is -2.30. The minimum atomic E-state index is -0.817. The van der Waals surface area contributed by atoms with Gasteiger partial charge in [-0.15, -0.1) is 0 Å². The van der Waals surface area contributed by atoms with E-state index < -0.39 is 6.10 Å². The first kappa shape index (κ1) is 74.8. The van der Waals surface area contributed by atoms with E-state index in [1.165, 1.54) is 57.8 Å². The maximum Gasteiger partial charge on any atom is 0.306 e. The topological polar surface area (TPSA) is 78.9 Å². The first-order valence-electron chi connectivity index (χ1n) is 32.1. The molecule has 6 heteroatoms. The van der Waals surface area contributed by atoms with Crippen LogP contribution in [-0.4, -0.2) is 37.2 Å². The highest BCUT2D eigenvalue weighted by Crippen LogP contribution is 2.14. The van der Waals surface area contributed by atoms with Crippen molar-refractivity contribution in [3.63, 3.8) is 0 Å². The number of unbranched alkanes of at least 4 members (excludes halogenated alkanes) is 17. The average Bonchev–Trinajstić information content (AvgIpc) is 3.46. The molecule has 0 saturated heterocycles. The molecule has 0 aromatic heterocycles. The fraction of sp³-hybridized carbons (Fsp3) is 0.581. The summed E-state index contributed by atoms with van der Waals surface area (Å²) in [5, 5.41) is 0. The van der Waals surface area contributed by atoms with Gasteiger partial charge in [0.25, 0.3) is 0 Å². The van der Waals surface area contributed by atoms with Gasteiger partial charge in [0.05, 0.1) is 0 Å². The van der Waals surface area contributed by atoms with Crippen LogP contribution in [0, 0.1) is 0 Å². The van der Waals surface area contributed by atoms with E-state index in [0.717, 1.165) is 154 Å². The molecule has 0 aliphatic rings. The molecule has 80 heavy (non-hydrogen) atoms. The van der Waals surface area contributed by atoms with Crippen molar-refractivity contribution in [1.29, 1.82) is 0 Å². The molecule has 0 spiro atoms. The van der Waals surface area contributed by atoms with Crippen LogP contribution >= 0.6 is 0 Å². The predicted molar refractivity (Wildman–Crippen MR) is 348 cm³/mol. The van der Waals surface area contributed by atoms with Gasteiger partial charge in [-0.05, 0) is 135 Å². The Morgan fingerprint density at radius 2 is 0.487 bits per heavy atom. The van der Waals surface area contributed by atoms with Crippen LogP contribution in [0.3, 0.4) is 0 Å². The van der Waals surface area contributed by atoms with Crippen molar-refractivity contribution in [2.45, 2.75) is 264 Å². The fourth-order valence-electron chi connectivity index (χ4n) is 8.23. The van der Waals surface area contributed by atoms with Gasteiger partial charge in [0, 0.05) is 19.3 Å². The Bertz CT molecular complexity index is 1840. The fourth-order valence-corrected chi connectivity index (χ4v) is 8.23. The lowest BCUT2D eigenvalue weighted by atomic mass is 10.0. The molecular weight excluding hydrogens is 985 g/mol. The highest BCUT2D eigenvalue weighted by Gasteiger charge is 2.19. The Morgan fingerprint density at radius 3 is 0.762 bits per heavy atom. The van der Waals surface area contributed by atoms with E-state index in [9.17, 15) is 14.4 Å². The van der Waals surface area contributed by atoms with Gasteiger partial charge in [0.15, 0.2) is 6.10 Å². The Morgan fingerprint density at radius 1 is 0.263 bits per heavy atom. The Balaban J connectivity index is 4.44. The summed E-state index contributed by atoms with van der Waals surface area (Å²) in [6.45, 7) is 6.35. The van der Waals surface area contributed by atoms with E-state index in [0.29, 0.717) is 19.3 Å². The number of carbonyl (C=O) groups excluding carboxylic acids is 3. The highest BCUT2D eigenvalue weighted by molar-refractivity contribution is 5.71. The molecule has 0 N–H and O–H groups in total. The minimum absolute atomic E-state index is 0.108. The molecule has 0 saturated carbocycles. The number of hydrogen-bond donors (Lipinski definition) is 0. The molecule has 0 bridgehead atoms. The number of rotatable bonds is 56. The molecule has 0 heterocycles. The average molecular weight is 1100 g/mol. The number of allylic oxidation sites excluding steroid dienone is 28. The van der Waals surface area contributed by atoms with Crippen molar-refractivity contribution in [3.05, 3.63) is 170 Å². The molecule has 0 aliphatic heterocycles. The normalized spacial score (nSPS) is 13.3. The van der Waals surface area contributed by atoms with Gasteiger partial charge in [0.2, 0.25) is 0 Å². The van der Waals surface area contributed by atoms with Crippen LogP contribution < -0.4 is 0 Å². The third-order valence-electron chi connectivity index (χ3n) is 13.0.